The maximum absolute atomic E-state index is 5.77. The molecule has 0 aliphatic carbocycles. The third-order valence-corrected chi connectivity index (χ3v) is 3.99. The second-order valence-corrected chi connectivity index (χ2v) is 5.52. The minimum Gasteiger partial charge on any atom is -0.381 e. The largest absolute Gasteiger partial charge is 0.381 e. The van der Waals surface area contributed by atoms with Crippen LogP contribution in [0.4, 0.5) is 0 Å². The molecule has 2 nitrogen and oxygen atoms in total. The van der Waals surface area contributed by atoms with Crippen molar-refractivity contribution in [3.8, 4) is 0 Å². The molecule has 2 rings (SSSR count). The van der Waals surface area contributed by atoms with Crippen LogP contribution in [0.15, 0.2) is 36.2 Å². The first-order valence-corrected chi connectivity index (χ1v) is 7.84. The van der Waals surface area contributed by atoms with Gasteiger partial charge in [-0.15, -0.1) is 0 Å². The molecule has 1 fully saturated rings. The van der Waals surface area contributed by atoms with Gasteiger partial charge in [0.1, 0.15) is 0 Å². The van der Waals surface area contributed by atoms with E-state index in [1.54, 1.807) is 0 Å². The SMILES string of the molecule is C1=CC=C(C2CCCCCCCCOCC2)NC=C1. The second-order valence-electron chi connectivity index (χ2n) is 5.52. The standard InChI is InChI=1S/C17H27NO/c1-2-4-9-14-19-15-12-16(10-6-3-1)17-11-7-5-8-13-18-17/h5,7-8,11,13,16,18H,1-4,6,9-10,12,14-15H2. The molecular formula is C17H27NO. The van der Waals surface area contributed by atoms with Gasteiger partial charge in [-0.05, 0) is 31.4 Å². The van der Waals surface area contributed by atoms with Crippen molar-refractivity contribution in [3.63, 3.8) is 0 Å². The van der Waals surface area contributed by atoms with Crippen LogP contribution in [0.1, 0.15) is 51.4 Å². The van der Waals surface area contributed by atoms with Crippen molar-refractivity contribution >= 4 is 0 Å². The van der Waals surface area contributed by atoms with E-state index in [-0.39, 0.29) is 0 Å². The van der Waals surface area contributed by atoms with Gasteiger partial charge in [0.05, 0.1) is 0 Å². The summed E-state index contributed by atoms with van der Waals surface area (Å²) in [7, 11) is 0. The summed E-state index contributed by atoms with van der Waals surface area (Å²) in [5, 5.41) is 3.43. The van der Waals surface area contributed by atoms with Gasteiger partial charge in [0, 0.05) is 31.0 Å². The molecular weight excluding hydrogens is 234 g/mol. The van der Waals surface area contributed by atoms with Gasteiger partial charge in [0.2, 0.25) is 0 Å². The fourth-order valence-electron chi connectivity index (χ4n) is 2.81. The first-order valence-electron chi connectivity index (χ1n) is 7.84. The molecule has 0 bridgehead atoms. The van der Waals surface area contributed by atoms with Gasteiger partial charge in [-0.25, -0.2) is 0 Å². The zero-order chi connectivity index (χ0) is 13.2. The van der Waals surface area contributed by atoms with E-state index in [1.807, 2.05) is 6.20 Å². The third kappa shape index (κ3) is 5.65. The van der Waals surface area contributed by atoms with Crippen molar-refractivity contribution in [2.75, 3.05) is 13.2 Å². The van der Waals surface area contributed by atoms with Gasteiger partial charge in [-0.3, -0.25) is 0 Å². The molecule has 2 aliphatic rings. The summed E-state index contributed by atoms with van der Waals surface area (Å²) in [5.74, 6) is 0.617. The summed E-state index contributed by atoms with van der Waals surface area (Å²) < 4.78 is 5.77. The Morgan fingerprint density at radius 3 is 2.63 bits per heavy atom. The minimum absolute atomic E-state index is 0.617. The molecule has 2 heteroatoms. The molecule has 2 heterocycles. The zero-order valence-electron chi connectivity index (χ0n) is 11.9. The lowest BCUT2D eigenvalue weighted by Crippen LogP contribution is -2.18. The van der Waals surface area contributed by atoms with E-state index in [4.69, 9.17) is 4.74 Å². The highest BCUT2D eigenvalue weighted by Gasteiger charge is 2.14. The number of hydrogen-bond acceptors (Lipinski definition) is 2. The summed E-state index contributed by atoms with van der Waals surface area (Å²) in [4.78, 5) is 0. The topological polar surface area (TPSA) is 21.3 Å². The average Bonchev–Trinajstić information content (AvgIpc) is 2.68. The first-order chi connectivity index (χ1) is 9.47. The molecule has 0 aromatic heterocycles. The second kappa shape index (κ2) is 8.98. The van der Waals surface area contributed by atoms with Crippen LogP contribution in [0.5, 0.6) is 0 Å². The van der Waals surface area contributed by atoms with E-state index >= 15 is 0 Å². The van der Waals surface area contributed by atoms with E-state index in [0.717, 1.165) is 19.6 Å². The van der Waals surface area contributed by atoms with Gasteiger partial charge in [0.15, 0.2) is 0 Å². The molecule has 106 valence electrons. The summed E-state index contributed by atoms with van der Waals surface area (Å²) in [6, 6.07) is 0. The van der Waals surface area contributed by atoms with Crippen LogP contribution < -0.4 is 5.32 Å². The molecule has 1 unspecified atom stereocenters. The van der Waals surface area contributed by atoms with Gasteiger partial charge in [-0.1, -0.05) is 44.3 Å². The molecule has 0 aromatic carbocycles. The Kier molecular flexibility index (Phi) is 6.80. The fourth-order valence-corrected chi connectivity index (χ4v) is 2.81. The van der Waals surface area contributed by atoms with Crippen LogP contribution in [0.25, 0.3) is 0 Å². The Bertz CT molecular complexity index is 318. The minimum atomic E-state index is 0.617. The molecule has 0 radical (unpaired) electrons. The van der Waals surface area contributed by atoms with E-state index in [0.29, 0.717) is 5.92 Å². The molecule has 1 saturated heterocycles. The summed E-state index contributed by atoms with van der Waals surface area (Å²) in [5.41, 5.74) is 1.35. The van der Waals surface area contributed by atoms with Crippen molar-refractivity contribution in [1.82, 2.24) is 5.32 Å². The lowest BCUT2D eigenvalue weighted by Gasteiger charge is -2.21. The number of ether oxygens (including phenoxy) is 1. The number of rotatable bonds is 1. The van der Waals surface area contributed by atoms with Crippen molar-refractivity contribution < 1.29 is 4.74 Å². The predicted octanol–water partition coefficient (Wildman–Crippen LogP) is 4.31. The molecule has 0 spiro atoms. The zero-order valence-corrected chi connectivity index (χ0v) is 11.9. The Balaban J connectivity index is 1.89. The molecule has 1 atom stereocenters. The van der Waals surface area contributed by atoms with Crippen molar-refractivity contribution in [2.24, 2.45) is 5.92 Å². The predicted molar refractivity (Wildman–Crippen MR) is 80.7 cm³/mol. The summed E-state index contributed by atoms with van der Waals surface area (Å²) in [6.45, 7) is 1.84. The number of allylic oxidation sites excluding steroid dienone is 5. The van der Waals surface area contributed by atoms with Gasteiger partial charge in [0.25, 0.3) is 0 Å². The average molecular weight is 261 g/mol. The Morgan fingerprint density at radius 1 is 0.842 bits per heavy atom. The lowest BCUT2D eigenvalue weighted by molar-refractivity contribution is 0.116. The van der Waals surface area contributed by atoms with Gasteiger partial charge < -0.3 is 10.1 Å². The highest BCUT2D eigenvalue weighted by atomic mass is 16.5. The maximum atomic E-state index is 5.77. The fraction of sp³-hybridized carbons (Fsp3) is 0.647. The normalized spacial score (nSPS) is 26.5. The monoisotopic (exact) mass is 261 g/mol. The Hall–Kier alpha value is -1.02. The smallest absolute Gasteiger partial charge is 0.0472 e. The van der Waals surface area contributed by atoms with Crippen molar-refractivity contribution in [1.29, 1.82) is 0 Å². The van der Waals surface area contributed by atoms with Gasteiger partial charge in [-0.2, -0.15) is 0 Å². The van der Waals surface area contributed by atoms with Crippen LogP contribution in [-0.4, -0.2) is 13.2 Å². The highest BCUT2D eigenvalue weighted by molar-refractivity contribution is 5.22. The van der Waals surface area contributed by atoms with Crippen LogP contribution in [0.2, 0.25) is 0 Å². The van der Waals surface area contributed by atoms with E-state index in [1.165, 1.54) is 50.6 Å². The molecule has 2 aliphatic heterocycles. The number of hydrogen-bond donors (Lipinski definition) is 1. The number of nitrogens with one attached hydrogen (secondary N) is 1. The van der Waals surface area contributed by atoms with Crippen molar-refractivity contribution in [3.05, 3.63) is 36.2 Å². The quantitative estimate of drug-likeness (QED) is 0.759. The maximum Gasteiger partial charge on any atom is 0.0472 e. The molecule has 1 N–H and O–H groups in total. The van der Waals surface area contributed by atoms with E-state index in [2.05, 4.69) is 29.6 Å². The van der Waals surface area contributed by atoms with Crippen molar-refractivity contribution in [2.45, 2.75) is 51.4 Å². The lowest BCUT2D eigenvalue weighted by atomic mass is 9.93. The van der Waals surface area contributed by atoms with Crippen LogP contribution in [0.3, 0.4) is 0 Å². The molecule has 0 amide bonds. The van der Waals surface area contributed by atoms with Crippen LogP contribution >= 0.6 is 0 Å². The Labute approximate surface area is 117 Å². The van der Waals surface area contributed by atoms with Crippen LogP contribution in [0, 0.1) is 5.92 Å². The first kappa shape index (κ1) is 14.4. The molecule has 0 aromatic rings. The Morgan fingerprint density at radius 2 is 1.68 bits per heavy atom. The third-order valence-electron chi connectivity index (χ3n) is 3.99. The molecule has 19 heavy (non-hydrogen) atoms. The van der Waals surface area contributed by atoms with Gasteiger partial charge >= 0.3 is 0 Å². The van der Waals surface area contributed by atoms with E-state index in [9.17, 15) is 0 Å². The van der Waals surface area contributed by atoms with E-state index < -0.39 is 0 Å². The van der Waals surface area contributed by atoms with Crippen LogP contribution in [-0.2, 0) is 4.74 Å². The summed E-state index contributed by atoms with van der Waals surface area (Å²) in [6.07, 6.45) is 21.0. The highest BCUT2D eigenvalue weighted by Crippen LogP contribution is 2.23. The molecule has 0 saturated carbocycles. The summed E-state index contributed by atoms with van der Waals surface area (Å²) >= 11 is 0.